The molecule has 5 heteroatoms. The molecule has 1 aromatic heterocycles. The van der Waals surface area contributed by atoms with E-state index in [-0.39, 0.29) is 11.3 Å². The molecule has 2 rings (SSSR count). The molecule has 0 atom stereocenters. The van der Waals surface area contributed by atoms with Crippen LogP contribution in [0.2, 0.25) is 0 Å². The molecule has 0 unspecified atom stereocenters. The van der Waals surface area contributed by atoms with Crippen molar-refractivity contribution in [2.75, 3.05) is 13.7 Å². The van der Waals surface area contributed by atoms with Gasteiger partial charge in [0.2, 0.25) is 11.8 Å². The predicted molar refractivity (Wildman–Crippen MR) is 94.0 cm³/mol. The van der Waals surface area contributed by atoms with Crippen LogP contribution in [0.25, 0.3) is 11.5 Å². The fourth-order valence-electron chi connectivity index (χ4n) is 2.38. The average Bonchev–Trinajstić information content (AvgIpc) is 2.87. The molecule has 0 fully saturated rings. The molecule has 0 aliphatic heterocycles. The second-order valence-corrected chi connectivity index (χ2v) is 7.09. The number of hydrogen-bond donors (Lipinski definition) is 1. The highest BCUT2D eigenvalue weighted by molar-refractivity contribution is 5.76. The van der Waals surface area contributed by atoms with Gasteiger partial charge >= 0.3 is 0 Å². The lowest BCUT2D eigenvalue weighted by Gasteiger charge is -2.17. The number of methoxy groups -OCH3 is 1. The van der Waals surface area contributed by atoms with Gasteiger partial charge in [0.25, 0.3) is 0 Å². The van der Waals surface area contributed by atoms with E-state index in [1.165, 1.54) is 0 Å². The molecule has 0 aliphatic carbocycles. The molecule has 1 N–H and O–H groups in total. The summed E-state index contributed by atoms with van der Waals surface area (Å²) in [5.74, 6) is 2.24. The lowest BCUT2D eigenvalue weighted by Crippen LogP contribution is -2.29. The van der Waals surface area contributed by atoms with E-state index >= 15 is 0 Å². The normalized spacial score (nSPS) is 11.4. The van der Waals surface area contributed by atoms with Crippen LogP contribution >= 0.6 is 0 Å². The Kier molecular flexibility index (Phi) is 5.65. The van der Waals surface area contributed by atoms with Gasteiger partial charge < -0.3 is 14.5 Å². The maximum absolute atomic E-state index is 11.9. The Bertz CT molecular complexity index is 682. The quantitative estimate of drug-likeness (QED) is 0.876. The van der Waals surface area contributed by atoms with E-state index in [2.05, 4.69) is 31.1 Å². The molecule has 1 heterocycles. The summed E-state index contributed by atoms with van der Waals surface area (Å²) in [5.41, 5.74) is 1.77. The number of aromatic nitrogens is 1. The zero-order valence-electron chi connectivity index (χ0n) is 15.1. The van der Waals surface area contributed by atoms with Crippen molar-refractivity contribution < 1.29 is 13.9 Å². The Balaban J connectivity index is 1.95. The van der Waals surface area contributed by atoms with Crippen LogP contribution in [-0.4, -0.2) is 24.5 Å². The Morgan fingerprint density at radius 3 is 2.50 bits per heavy atom. The van der Waals surface area contributed by atoms with Crippen LogP contribution in [0.15, 0.2) is 28.7 Å². The summed E-state index contributed by atoms with van der Waals surface area (Å²) in [6.07, 6.45) is 1.17. The first kappa shape index (κ1) is 18.0. The lowest BCUT2D eigenvalue weighted by atomic mass is 9.92. The van der Waals surface area contributed by atoms with E-state index in [4.69, 9.17) is 9.15 Å². The number of nitrogens with zero attached hydrogens (tertiary/aromatic N) is 1. The van der Waals surface area contributed by atoms with Crippen LogP contribution in [-0.2, 0) is 11.2 Å². The van der Waals surface area contributed by atoms with Crippen LogP contribution in [0, 0.1) is 12.3 Å². The van der Waals surface area contributed by atoms with Crippen LogP contribution in [0.4, 0.5) is 0 Å². The number of carbonyl (C=O) groups excluding carboxylic acids is 1. The van der Waals surface area contributed by atoms with Crippen LogP contribution < -0.4 is 10.1 Å². The summed E-state index contributed by atoms with van der Waals surface area (Å²) < 4.78 is 10.9. The summed E-state index contributed by atoms with van der Waals surface area (Å²) in [6, 6.07) is 7.58. The number of ether oxygens (including phenoxy) is 1. The Labute approximate surface area is 143 Å². The van der Waals surface area contributed by atoms with Crippen LogP contribution in [0.1, 0.15) is 38.6 Å². The van der Waals surface area contributed by atoms with E-state index in [1.54, 1.807) is 7.11 Å². The summed E-state index contributed by atoms with van der Waals surface area (Å²) in [6.45, 7) is 8.61. The van der Waals surface area contributed by atoms with Crippen LogP contribution in [0.3, 0.4) is 0 Å². The third kappa shape index (κ3) is 5.11. The summed E-state index contributed by atoms with van der Waals surface area (Å²) >= 11 is 0. The number of rotatable bonds is 6. The molecular formula is C19H26N2O3. The first-order valence-corrected chi connectivity index (χ1v) is 8.16. The minimum Gasteiger partial charge on any atom is -0.497 e. The average molecular weight is 330 g/mol. The molecule has 0 saturated heterocycles. The first-order valence-electron chi connectivity index (χ1n) is 8.16. The Hall–Kier alpha value is -2.30. The molecule has 1 amide bonds. The van der Waals surface area contributed by atoms with Crippen molar-refractivity contribution in [3.8, 4) is 17.2 Å². The third-order valence-corrected chi connectivity index (χ3v) is 3.60. The standard InChI is InChI=1S/C19H26N2O3/c1-13-16(10-11-20-17(22)12-19(2,3)4)21-18(24-13)14-6-8-15(23-5)9-7-14/h6-9H,10-12H2,1-5H3,(H,20,22). The van der Waals surface area contributed by atoms with Gasteiger partial charge in [0.15, 0.2) is 0 Å². The second-order valence-electron chi connectivity index (χ2n) is 7.09. The first-order chi connectivity index (χ1) is 11.3. The SMILES string of the molecule is COc1ccc(-c2nc(CCNC(=O)CC(C)(C)C)c(C)o2)cc1. The van der Waals surface area contributed by atoms with Crippen molar-refractivity contribution in [1.82, 2.24) is 10.3 Å². The fourth-order valence-corrected chi connectivity index (χ4v) is 2.38. The van der Waals surface area contributed by atoms with E-state index in [0.717, 1.165) is 22.8 Å². The van der Waals surface area contributed by atoms with Crippen molar-refractivity contribution >= 4 is 5.91 Å². The molecule has 130 valence electrons. The van der Waals surface area contributed by atoms with Crippen molar-refractivity contribution in [2.45, 2.75) is 40.5 Å². The van der Waals surface area contributed by atoms with Gasteiger partial charge in [0, 0.05) is 24.9 Å². The highest BCUT2D eigenvalue weighted by Gasteiger charge is 2.16. The van der Waals surface area contributed by atoms with Crippen molar-refractivity contribution in [3.63, 3.8) is 0 Å². The molecule has 0 saturated carbocycles. The highest BCUT2D eigenvalue weighted by Crippen LogP contribution is 2.24. The van der Waals surface area contributed by atoms with E-state index in [0.29, 0.717) is 25.3 Å². The number of carbonyl (C=O) groups is 1. The van der Waals surface area contributed by atoms with Gasteiger partial charge in [0.1, 0.15) is 11.5 Å². The molecule has 1 aromatic carbocycles. The summed E-state index contributed by atoms with van der Waals surface area (Å²) in [5, 5.41) is 2.94. The predicted octanol–water partition coefficient (Wildman–Crippen LogP) is 3.75. The van der Waals surface area contributed by atoms with Gasteiger partial charge in [-0.1, -0.05) is 20.8 Å². The fraction of sp³-hybridized carbons (Fsp3) is 0.474. The lowest BCUT2D eigenvalue weighted by molar-refractivity contribution is -0.122. The highest BCUT2D eigenvalue weighted by atomic mass is 16.5. The maximum Gasteiger partial charge on any atom is 0.226 e. The van der Waals surface area contributed by atoms with Crippen molar-refractivity contribution in [2.24, 2.45) is 5.41 Å². The third-order valence-electron chi connectivity index (χ3n) is 3.60. The number of oxazole rings is 1. The molecule has 24 heavy (non-hydrogen) atoms. The van der Waals surface area contributed by atoms with E-state index < -0.39 is 0 Å². The van der Waals surface area contributed by atoms with Gasteiger partial charge in [0.05, 0.1) is 12.8 Å². The largest absolute Gasteiger partial charge is 0.497 e. The monoisotopic (exact) mass is 330 g/mol. The summed E-state index contributed by atoms with van der Waals surface area (Å²) in [4.78, 5) is 16.4. The zero-order chi connectivity index (χ0) is 17.7. The van der Waals surface area contributed by atoms with Gasteiger partial charge in [-0.3, -0.25) is 4.79 Å². The molecular weight excluding hydrogens is 304 g/mol. The van der Waals surface area contributed by atoms with Gasteiger partial charge in [-0.05, 0) is 36.6 Å². The number of aryl methyl sites for hydroxylation is 1. The van der Waals surface area contributed by atoms with Gasteiger partial charge in [-0.25, -0.2) is 4.98 Å². The minimum absolute atomic E-state index is 0.00454. The van der Waals surface area contributed by atoms with Gasteiger partial charge in [-0.15, -0.1) is 0 Å². The number of nitrogens with one attached hydrogen (secondary N) is 1. The topological polar surface area (TPSA) is 64.4 Å². The Morgan fingerprint density at radius 2 is 1.92 bits per heavy atom. The van der Waals surface area contributed by atoms with Crippen LogP contribution in [0.5, 0.6) is 5.75 Å². The number of benzene rings is 1. The van der Waals surface area contributed by atoms with E-state index in [9.17, 15) is 4.79 Å². The molecule has 0 bridgehead atoms. The van der Waals surface area contributed by atoms with Crippen molar-refractivity contribution in [1.29, 1.82) is 0 Å². The maximum atomic E-state index is 11.9. The minimum atomic E-state index is -0.00454. The summed E-state index contributed by atoms with van der Waals surface area (Å²) in [7, 11) is 1.64. The molecule has 2 aromatic rings. The van der Waals surface area contributed by atoms with Gasteiger partial charge in [-0.2, -0.15) is 0 Å². The Morgan fingerprint density at radius 1 is 1.25 bits per heavy atom. The smallest absolute Gasteiger partial charge is 0.226 e. The van der Waals surface area contributed by atoms with E-state index in [1.807, 2.05) is 31.2 Å². The number of amides is 1. The molecule has 0 spiro atoms. The zero-order valence-corrected chi connectivity index (χ0v) is 15.1. The molecule has 0 radical (unpaired) electrons. The van der Waals surface area contributed by atoms with Crippen molar-refractivity contribution in [3.05, 3.63) is 35.7 Å². The number of hydrogen-bond acceptors (Lipinski definition) is 4. The molecule has 0 aliphatic rings. The molecule has 5 nitrogen and oxygen atoms in total. The second kappa shape index (κ2) is 7.51.